The molecule has 1 aromatic rings. The SMILES string of the molecule is CCNc1ncnc(N)c1[N+](=O)[O-]. The standard InChI is InChI=1S/C6H9N5O2/c1-2-8-6-4(11(12)13)5(7)9-3-10-6/h3H,2H2,1H3,(H3,7,8,9,10). The van der Waals surface area contributed by atoms with Crippen LogP contribution in [0.2, 0.25) is 0 Å². The minimum atomic E-state index is -0.604. The Bertz CT molecular complexity index is 327. The van der Waals surface area contributed by atoms with E-state index in [1.165, 1.54) is 6.33 Å². The minimum Gasteiger partial charge on any atom is -0.378 e. The molecule has 7 heteroatoms. The van der Waals surface area contributed by atoms with Crippen LogP contribution in [0.25, 0.3) is 0 Å². The first-order chi connectivity index (χ1) is 6.16. The van der Waals surface area contributed by atoms with Gasteiger partial charge in [-0.05, 0) is 6.92 Å². The maximum absolute atomic E-state index is 10.5. The summed E-state index contributed by atoms with van der Waals surface area (Å²) >= 11 is 0. The van der Waals surface area contributed by atoms with E-state index in [2.05, 4.69) is 15.3 Å². The molecule has 3 N–H and O–H groups in total. The molecule has 1 aromatic heterocycles. The van der Waals surface area contributed by atoms with Crippen LogP contribution in [-0.4, -0.2) is 21.4 Å². The van der Waals surface area contributed by atoms with Crippen molar-refractivity contribution in [2.75, 3.05) is 17.6 Å². The number of hydrogen-bond acceptors (Lipinski definition) is 6. The molecule has 1 heterocycles. The predicted molar refractivity (Wildman–Crippen MR) is 47.3 cm³/mol. The summed E-state index contributed by atoms with van der Waals surface area (Å²) in [6.07, 6.45) is 1.18. The van der Waals surface area contributed by atoms with E-state index in [4.69, 9.17) is 5.73 Å². The molecule has 0 radical (unpaired) electrons. The Morgan fingerprint density at radius 1 is 1.69 bits per heavy atom. The Kier molecular flexibility index (Phi) is 2.58. The molecule has 7 nitrogen and oxygen atoms in total. The maximum Gasteiger partial charge on any atom is 0.352 e. The van der Waals surface area contributed by atoms with E-state index in [-0.39, 0.29) is 17.3 Å². The van der Waals surface area contributed by atoms with Crippen LogP contribution < -0.4 is 11.1 Å². The highest BCUT2D eigenvalue weighted by atomic mass is 16.6. The van der Waals surface area contributed by atoms with Gasteiger partial charge in [-0.1, -0.05) is 0 Å². The molecule has 0 aromatic carbocycles. The summed E-state index contributed by atoms with van der Waals surface area (Å²) in [6, 6.07) is 0. The van der Waals surface area contributed by atoms with Crippen LogP contribution in [0.1, 0.15) is 6.92 Å². The van der Waals surface area contributed by atoms with Gasteiger partial charge in [0.05, 0.1) is 4.92 Å². The summed E-state index contributed by atoms with van der Waals surface area (Å²) in [6.45, 7) is 2.35. The van der Waals surface area contributed by atoms with Crippen LogP contribution in [0.4, 0.5) is 17.3 Å². The molecule has 0 fully saturated rings. The fraction of sp³-hybridized carbons (Fsp3) is 0.333. The zero-order chi connectivity index (χ0) is 9.84. The van der Waals surface area contributed by atoms with Gasteiger partial charge in [0, 0.05) is 6.54 Å². The van der Waals surface area contributed by atoms with Crippen molar-refractivity contribution in [1.29, 1.82) is 0 Å². The van der Waals surface area contributed by atoms with E-state index < -0.39 is 4.92 Å². The quantitative estimate of drug-likeness (QED) is 0.518. The Morgan fingerprint density at radius 3 is 2.92 bits per heavy atom. The lowest BCUT2D eigenvalue weighted by Gasteiger charge is -2.03. The van der Waals surface area contributed by atoms with Gasteiger partial charge in [-0.25, -0.2) is 9.97 Å². The van der Waals surface area contributed by atoms with Gasteiger partial charge in [0.25, 0.3) is 0 Å². The van der Waals surface area contributed by atoms with Crippen LogP contribution in [0.5, 0.6) is 0 Å². The van der Waals surface area contributed by atoms with Gasteiger partial charge in [-0.2, -0.15) is 0 Å². The van der Waals surface area contributed by atoms with Crippen molar-refractivity contribution in [3.8, 4) is 0 Å². The monoisotopic (exact) mass is 183 g/mol. The van der Waals surface area contributed by atoms with Gasteiger partial charge in [0.15, 0.2) is 0 Å². The van der Waals surface area contributed by atoms with E-state index in [1.54, 1.807) is 0 Å². The highest BCUT2D eigenvalue weighted by Crippen LogP contribution is 2.25. The molecule has 0 atom stereocenters. The summed E-state index contributed by atoms with van der Waals surface area (Å²) in [5, 5.41) is 13.2. The Balaban J connectivity index is 3.17. The lowest BCUT2D eigenvalue weighted by molar-refractivity contribution is -0.383. The van der Waals surface area contributed by atoms with Gasteiger partial charge in [0.1, 0.15) is 6.33 Å². The first kappa shape index (κ1) is 9.17. The first-order valence-electron chi connectivity index (χ1n) is 3.65. The van der Waals surface area contributed by atoms with E-state index in [0.717, 1.165) is 0 Å². The molecule has 0 aliphatic carbocycles. The fourth-order valence-electron chi connectivity index (χ4n) is 0.869. The zero-order valence-corrected chi connectivity index (χ0v) is 7.02. The average Bonchev–Trinajstić information content (AvgIpc) is 2.04. The van der Waals surface area contributed by atoms with Gasteiger partial charge < -0.3 is 11.1 Å². The molecule has 1 rings (SSSR count). The number of nitrogens with one attached hydrogen (secondary N) is 1. The number of hydrogen-bond donors (Lipinski definition) is 2. The zero-order valence-electron chi connectivity index (χ0n) is 7.02. The third-order valence-corrected chi connectivity index (χ3v) is 1.38. The van der Waals surface area contributed by atoms with Crippen molar-refractivity contribution >= 4 is 17.3 Å². The Morgan fingerprint density at radius 2 is 2.38 bits per heavy atom. The summed E-state index contributed by atoms with van der Waals surface area (Å²) in [4.78, 5) is 17.2. The smallest absolute Gasteiger partial charge is 0.352 e. The number of anilines is 2. The summed E-state index contributed by atoms with van der Waals surface area (Å²) in [5.41, 5.74) is 5.05. The van der Waals surface area contributed by atoms with Gasteiger partial charge in [-0.3, -0.25) is 10.1 Å². The molecule has 0 spiro atoms. The van der Waals surface area contributed by atoms with Crippen molar-refractivity contribution in [3.63, 3.8) is 0 Å². The number of aromatic nitrogens is 2. The summed E-state index contributed by atoms with van der Waals surface area (Å²) in [5.74, 6) is 0.0240. The molecule has 0 saturated heterocycles. The molecular weight excluding hydrogens is 174 g/mol. The number of rotatable bonds is 3. The number of nitrogens with zero attached hydrogens (tertiary/aromatic N) is 3. The molecule has 70 valence electrons. The second-order valence-corrected chi connectivity index (χ2v) is 2.24. The van der Waals surface area contributed by atoms with E-state index >= 15 is 0 Å². The number of nitrogen functional groups attached to an aromatic ring is 1. The van der Waals surface area contributed by atoms with Gasteiger partial charge >= 0.3 is 5.69 Å². The van der Waals surface area contributed by atoms with Crippen LogP contribution in [0.15, 0.2) is 6.33 Å². The van der Waals surface area contributed by atoms with Crippen LogP contribution >= 0.6 is 0 Å². The van der Waals surface area contributed by atoms with Gasteiger partial charge in [0.2, 0.25) is 11.6 Å². The second-order valence-electron chi connectivity index (χ2n) is 2.24. The largest absolute Gasteiger partial charge is 0.378 e. The van der Waals surface area contributed by atoms with Crippen molar-refractivity contribution in [2.24, 2.45) is 0 Å². The third-order valence-electron chi connectivity index (χ3n) is 1.38. The van der Waals surface area contributed by atoms with Crippen molar-refractivity contribution in [3.05, 3.63) is 16.4 Å². The number of nitro groups is 1. The van der Waals surface area contributed by atoms with Gasteiger partial charge in [-0.15, -0.1) is 0 Å². The molecular formula is C6H9N5O2. The lowest BCUT2D eigenvalue weighted by Crippen LogP contribution is -2.07. The number of nitrogens with two attached hydrogens (primary N) is 1. The molecule has 0 amide bonds. The van der Waals surface area contributed by atoms with Crippen molar-refractivity contribution < 1.29 is 4.92 Å². The normalized spacial score (nSPS) is 9.62. The highest BCUT2D eigenvalue weighted by molar-refractivity contribution is 5.66. The van der Waals surface area contributed by atoms with E-state index in [0.29, 0.717) is 6.54 Å². The fourth-order valence-corrected chi connectivity index (χ4v) is 0.869. The van der Waals surface area contributed by atoms with Crippen LogP contribution in [0.3, 0.4) is 0 Å². The van der Waals surface area contributed by atoms with E-state index in [9.17, 15) is 10.1 Å². The third kappa shape index (κ3) is 1.81. The first-order valence-corrected chi connectivity index (χ1v) is 3.65. The second kappa shape index (κ2) is 3.65. The minimum absolute atomic E-state index is 0.129. The summed E-state index contributed by atoms with van der Waals surface area (Å²) in [7, 11) is 0. The topological polar surface area (TPSA) is 107 Å². The molecule has 0 saturated carbocycles. The maximum atomic E-state index is 10.5. The Labute approximate surface area is 74.1 Å². The Hall–Kier alpha value is -1.92. The molecule has 13 heavy (non-hydrogen) atoms. The molecule has 0 aliphatic rings. The average molecular weight is 183 g/mol. The lowest BCUT2D eigenvalue weighted by atomic mass is 10.4. The van der Waals surface area contributed by atoms with Crippen molar-refractivity contribution in [1.82, 2.24) is 9.97 Å². The van der Waals surface area contributed by atoms with Crippen LogP contribution in [0, 0.1) is 10.1 Å². The van der Waals surface area contributed by atoms with E-state index in [1.807, 2.05) is 6.92 Å². The highest BCUT2D eigenvalue weighted by Gasteiger charge is 2.19. The molecule has 0 bridgehead atoms. The van der Waals surface area contributed by atoms with Crippen LogP contribution in [-0.2, 0) is 0 Å². The molecule has 0 aliphatic heterocycles. The summed E-state index contributed by atoms with van der Waals surface area (Å²) < 4.78 is 0. The van der Waals surface area contributed by atoms with Crippen molar-refractivity contribution in [2.45, 2.75) is 6.92 Å². The molecule has 0 unspecified atom stereocenters. The predicted octanol–water partition coefficient (Wildman–Crippen LogP) is 0.399.